The summed E-state index contributed by atoms with van der Waals surface area (Å²) in [6.45, 7) is 3.67. The van der Waals surface area contributed by atoms with Gasteiger partial charge in [-0.15, -0.1) is 6.58 Å². The van der Waals surface area contributed by atoms with E-state index in [1.54, 1.807) is 0 Å². The summed E-state index contributed by atoms with van der Waals surface area (Å²) in [5.41, 5.74) is 1.12. The van der Waals surface area contributed by atoms with Crippen molar-refractivity contribution >= 4 is 0 Å². The molecule has 0 saturated carbocycles. The zero-order valence-corrected chi connectivity index (χ0v) is 7.49. The molecule has 0 heterocycles. The predicted molar refractivity (Wildman–Crippen MR) is 49.0 cm³/mol. The summed E-state index contributed by atoms with van der Waals surface area (Å²) in [7, 11) is 5.66. The molecule has 11 heavy (non-hydrogen) atoms. The molecule has 0 unspecified atom stereocenters. The molecule has 0 aromatic heterocycles. The number of hydrogen-bond donors (Lipinski definition) is 3. The van der Waals surface area contributed by atoms with E-state index in [0.29, 0.717) is 0 Å². The average Bonchev–Trinajstić information content (AvgIpc) is 2.05. The molecule has 0 rings (SSSR count). The van der Waals surface area contributed by atoms with Crippen LogP contribution in [0.15, 0.2) is 24.2 Å². The summed E-state index contributed by atoms with van der Waals surface area (Å²) in [5.74, 6) is 1.01. The van der Waals surface area contributed by atoms with Crippen molar-refractivity contribution in [2.45, 2.75) is 6.42 Å². The van der Waals surface area contributed by atoms with Crippen LogP contribution >= 0.6 is 0 Å². The van der Waals surface area contributed by atoms with Crippen molar-refractivity contribution < 1.29 is 0 Å². The van der Waals surface area contributed by atoms with Crippen LogP contribution in [0.4, 0.5) is 0 Å². The third-order valence-corrected chi connectivity index (χ3v) is 1.45. The highest BCUT2D eigenvalue weighted by Crippen LogP contribution is 1.99. The van der Waals surface area contributed by atoms with Gasteiger partial charge in [-0.05, 0) is 0 Å². The number of nitrogens with one attached hydrogen (secondary N) is 3. The Morgan fingerprint density at radius 3 is 2.00 bits per heavy atom. The minimum atomic E-state index is 0.841. The smallest absolute Gasteiger partial charge is 0.118 e. The lowest BCUT2D eigenvalue weighted by Gasteiger charge is -2.12. The fraction of sp³-hybridized carbons (Fsp3) is 0.500. The van der Waals surface area contributed by atoms with Gasteiger partial charge >= 0.3 is 0 Å². The number of allylic oxidation sites excluding steroid dienone is 1. The van der Waals surface area contributed by atoms with E-state index in [4.69, 9.17) is 0 Å². The molecule has 0 spiro atoms. The van der Waals surface area contributed by atoms with Gasteiger partial charge < -0.3 is 16.0 Å². The lowest BCUT2D eigenvalue weighted by atomic mass is 10.3. The van der Waals surface area contributed by atoms with E-state index in [2.05, 4.69) is 22.5 Å². The largest absolute Gasteiger partial charge is 0.388 e. The maximum Gasteiger partial charge on any atom is 0.118 e. The Morgan fingerprint density at radius 2 is 1.73 bits per heavy atom. The van der Waals surface area contributed by atoms with E-state index in [1.807, 2.05) is 27.2 Å². The second kappa shape index (κ2) is 5.65. The van der Waals surface area contributed by atoms with Crippen LogP contribution in [-0.4, -0.2) is 21.1 Å². The first-order valence-corrected chi connectivity index (χ1v) is 3.67. The molecular weight excluding hydrogens is 138 g/mol. The van der Waals surface area contributed by atoms with E-state index >= 15 is 0 Å². The average molecular weight is 155 g/mol. The SMILES string of the molecule is C=CCC(NC)=C(NC)NC. The van der Waals surface area contributed by atoms with Crippen molar-refractivity contribution in [2.24, 2.45) is 0 Å². The van der Waals surface area contributed by atoms with Crippen LogP contribution < -0.4 is 16.0 Å². The fourth-order valence-electron chi connectivity index (χ4n) is 0.900. The molecule has 0 aromatic rings. The highest BCUT2D eigenvalue weighted by molar-refractivity contribution is 5.10. The van der Waals surface area contributed by atoms with E-state index in [9.17, 15) is 0 Å². The van der Waals surface area contributed by atoms with Crippen molar-refractivity contribution in [1.82, 2.24) is 16.0 Å². The van der Waals surface area contributed by atoms with Crippen LogP contribution in [0.5, 0.6) is 0 Å². The summed E-state index contributed by atoms with van der Waals surface area (Å²) in [4.78, 5) is 0. The van der Waals surface area contributed by atoms with Gasteiger partial charge in [0.15, 0.2) is 0 Å². The number of hydrogen-bond acceptors (Lipinski definition) is 3. The van der Waals surface area contributed by atoms with Crippen molar-refractivity contribution in [3.63, 3.8) is 0 Å². The third kappa shape index (κ3) is 2.98. The molecule has 0 atom stereocenters. The fourth-order valence-corrected chi connectivity index (χ4v) is 0.900. The Bertz CT molecular complexity index is 143. The van der Waals surface area contributed by atoms with E-state index < -0.39 is 0 Å². The second-order valence-corrected chi connectivity index (χ2v) is 2.10. The minimum Gasteiger partial charge on any atom is -0.388 e. The Balaban J connectivity index is 4.33. The Labute approximate surface area is 68.6 Å². The van der Waals surface area contributed by atoms with Crippen molar-refractivity contribution in [2.75, 3.05) is 21.1 Å². The maximum atomic E-state index is 3.67. The minimum absolute atomic E-state index is 0.841. The Morgan fingerprint density at radius 1 is 1.18 bits per heavy atom. The molecule has 0 radical (unpaired) electrons. The van der Waals surface area contributed by atoms with Crippen LogP contribution in [0.1, 0.15) is 6.42 Å². The van der Waals surface area contributed by atoms with Crippen LogP contribution in [0, 0.1) is 0 Å². The Kier molecular flexibility index (Phi) is 5.07. The standard InChI is InChI=1S/C8H17N3/c1-5-6-7(9-2)8(10-3)11-4/h5,9-11H,1,6H2,2-4H3. The molecule has 3 nitrogen and oxygen atoms in total. The molecule has 0 aliphatic heterocycles. The number of rotatable bonds is 5. The second-order valence-electron chi connectivity index (χ2n) is 2.10. The predicted octanol–water partition coefficient (Wildman–Crippen LogP) is 0.390. The molecule has 0 aliphatic carbocycles. The van der Waals surface area contributed by atoms with Gasteiger partial charge in [0.05, 0.1) is 5.70 Å². The first-order chi connectivity index (χ1) is 5.29. The van der Waals surface area contributed by atoms with Crippen LogP contribution in [-0.2, 0) is 0 Å². The summed E-state index contributed by atoms with van der Waals surface area (Å²) in [5, 5.41) is 9.18. The molecule has 3 heteroatoms. The molecule has 0 aliphatic rings. The van der Waals surface area contributed by atoms with Crippen LogP contribution in [0.2, 0.25) is 0 Å². The monoisotopic (exact) mass is 155 g/mol. The zero-order chi connectivity index (χ0) is 8.69. The van der Waals surface area contributed by atoms with E-state index in [1.165, 1.54) is 0 Å². The summed E-state index contributed by atoms with van der Waals surface area (Å²) >= 11 is 0. The van der Waals surface area contributed by atoms with Crippen LogP contribution in [0.25, 0.3) is 0 Å². The molecule has 0 bridgehead atoms. The van der Waals surface area contributed by atoms with E-state index in [0.717, 1.165) is 17.9 Å². The normalized spacial score (nSPS) is 8.27. The highest BCUT2D eigenvalue weighted by atomic mass is 15.1. The van der Waals surface area contributed by atoms with Gasteiger partial charge in [-0.3, -0.25) is 0 Å². The molecule has 3 N–H and O–H groups in total. The lowest BCUT2D eigenvalue weighted by molar-refractivity contribution is 0.763. The molecule has 0 saturated heterocycles. The van der Waals surface area contributed by atoms with Gasteiger partial charge in [-0.1, -0.05) is 6.08 Å². The zero-order valence-electron chi connectivity index (χ0n) is 7.49. The summed E-state index contributed by atoms with van der Waals surface area (Å²) in [6.07, 6.45) is 2.70. The van der Waals surface area contributed by atoms with Crippen molar-refractivity contribution in [1.29, 1.82) is 0 Å². The van der Waals surface area contributed by atoms with Crippen molar-refractivity contribution in [3.8, 4) is 0 Å². The topological polar surface area (TPSA) is 36.1 Å². The van der Waals surface area contributed by atoms with Gasteiger partial charge in [-0.2, -0.15) is 0 Å². The molecular formula is C8H17N3. The third-order valence-electron chi connectivity index (χ3n) is 1.45. The molecule has 64 valence electrons. The van der Waals surface area contributed by atoms with Gasteiger partial charge in [0, 0.05) is 27.6 Å². The van der Waals surface area contributed by atoms with Gasteiger partial charge in [0.25, 0.3) is 0 Å². The lowest BCUT2D eigenvalue weighted by Crippen LogP contribution is -2.26. The summed E-state index contributed by atoms with van der Waals surface area (Å²) in [6, 6.07) is 0. The van der Waals surface area contributed by atoms with Crippen molar-refractivity contribution in [3.05, 3.63) is 24.2 Å². The first-order valence-electron chi connectivity index (χ1n) is 3.67. The van der Waals surface area contributed by atoms with Gasteiger partial charge in [0.1, 0.15) is 5.82 Å². The summed E-state index contributed by atoms with van der Waals surface area (Å²) < 4.78 is 0. The molecule has 0 amide bonds. The molecule has 0 fully saturated rings. The maximum absolute atomic E-state index is 3.67. The van der Waals surface area contributed by atoms with Gasteiger partial charge in [0.2, 0.25) is 0 Å². The molecule has 0 aromatic carbocycles. The highest BCUT2D eigenvalue weighted by Gasteiger charge is 1.97. The van der Waals surface area contributed by atoms with E-state index in [-0.39, 0.29) is 0 Å². The first kappa shape index (κ1) is 9.88. The quantitative estimate of drug-likeness (QED) is 0.503. The van der Waals surface area contributed by atoms with Crippen LogP contribution in [0.3, 0.4) is 0 Å². The van der Waals surface area contributed by atoms with Gasteiger partial charge in [-0.25, -0.2) is 0 Å². The Hall–Kier alpha value is -1.12.